The molecule has 1 heterocycles. The van der Waals surface area contributed by atoms with Crippen LogP contribution in [-0.2, 0) is 0 Å². The Morgan fingerprint density at radius 2 is 0.852 bits per heavy atom. The largest absolute Gasteiger partial charge is 0.227 e. The molecule has 1 aromatic heterocycles. The lowest BCUT2D eigenvalue weighted by Gasteiger charge is -2.18. The van der Waals surface area contributed by atoms with Crippen LogP contribution in [0, 0.1) is 11.3 Å². The normalized spacial score (nSPS) is 10.9. The molecule has 0 aliphatic rings. The highest BCUT2D eigenvalue weighted by atomic mass is 14.9. The molecule has 0 N–H and O–H groups in total. The molecule has 0 bridgehead atoms. The SMILES string of the molecule is N#Cc1cccc(-c2cccc(-c3ccc4ccccc4c3-c3ccc(-c4nc(-c5ccccc5)nc(-c5ccccc5)c4-c4ccccc4)cc3)c2)c1. The van der Waals surface area contributed by atoms with Crippen LogP contribution in [0.3, 0.4) is 0 Å². The number of fused-ring (bicyclic) bond motifs is 1. The first-order valence-electron chi connectivity index (χ1n) is 18.1. The number of rotatable bonds is 7. The predicted molar refractivity (Wildman–Crippen MR) is 222 cm³/mol. The predicted octanol–water partition coefficient (Wildman–Crippen LogP) is 13.2. The highest BCUT2D eigenvalue weighted by molar-refractivity contribution is 6.05. The number of nitriles is 1. The molecule has 0 radical (unpaired) electrons. The second-order valence-corrected chi connectivity index (χ2v) is 13.3. The molecule has 0 unspecified atom stereocenters. The van der Waals surface area contributed by atoms with E-state index < -0.39 is 0 Å². The summed E-state index contributed by atoms with van der Waals surface area (Å²) in [7, 11) is 0. The van der Waals surface area contributed by atoms with Crippen molar-refractivity contribution in [3.8, 4) is 84.5 Å². The van der Waals surface area contributed by atoms with Crippen LogP contribution in [0.1, 0.15) is 5.56 Å². The summed E-state index contributed by atoms with van der Waals surface area (Å²) in [5, 5.41) is 11.9. The quantitative estimate of drug-likeness (QED) is 0.168. The summed E-state index contributed by atoms with van der Waals surface area (Å²) in [5.41, 5.74) is 14.1. The van der Waals surface area contributed by atoms with Gasteiger partial charge in [0.1, 0.15) is 0 Å². The van der Waals surface area contributed by atoms with Gasteiger partial charge < -0.3 is 0 Å². The maximum atomic E-state index is 9.54. The first-order valence-corrected chi connectivity index (χ1v) is 18.1. The Morgan fingerprint density at radius 1 is 0.352 bits per heavy atom. The summed E-state index contributed by atoms with van der Waals surface area (Å²) < 4.78 is 0. The molecule has 0 saturated carbocycles. The van der Waals surface area contributed by atoms with E-state index in [1.807, 2.05) is 48.5 Å². The Labute approximate surface area is 315 Å². The van der Waals surface area contributed by atoms with Gasteiger partial charge in [-0.25, -0.2) is 9.97 Å². The molecule has 9 aromatic rings. The van der Waals surface area contributed by atoms with E-state index in [2.05, 4.69) is 158 Å². The molecular formula is C51H33N3. The minimum Gasteiger partial charge on any atom is -0.227 e. The van der Waals surface area contributed by atoms with Crippen LogP contribution < -0.4 is 0 Å². The van der Waals surface area contributed by atoms with Crippen molar-refractivity contribution in [1.29, 1.82) is 5.26 Å². The van der Waals surface area contributed by atoms with Crippen molar-refractivity contribution in [2.75, 3.05) is 0 Å². The molecule has 9 rings (SSSR count). The number of hydrogen-bond donors (Lipinski definition) is 0. The molecule has 0 aliphatic heterocycles. The molecule has 8 aromatic carbocycles. The molecule has 3 heteroatoms. The Morgan fingerprint density at radius 3 is 1.54 bits per heavy atom. The van der Waals surface area contributed by atoms with Crippen molar-refractivity contribution < 1.29 is 0 Å². The van der Waals surface area contributed by atoms with Gasteiger partial charge in [0.2, 0.25) is 0 Å². The lowest BCUT2D eigenvalue weighted by Crippen LogP contribution is -2.00. The van der Waals surface area contributed by atoms with Gasteiger partial charge in [-0.05, 0) is 67.9 Å². The van der Waals surface area contributed by atoms with E-state index in [0.29, 0.717) is 11.4 Å². The summed E-state index contributed by atoms with van der Waals surface area (Å²) in [6.07, 6.45) is 0. The van der Waals surface area contributed by atoms with Crippen molar-refractivity contribution >= 4 is 10.8 Å². The third-order valence-corrected chi connectivity index (χ3v) is 9.93. The van der Waals surface area contributed by atoms with Gasteiger partial charge in [0, 0.05) is 22.3 Å². The Balaban J connectivity index is 1.23. The second-order valence-electron chi connectivity index (χ2n) is 13.3. The van der Waals surface area contributed by atoms with Gasteiger partial charge in [-0.3, -0.25) is 0 Å². The van der Waals surface area contributed by atoms with Crippen molar-refractivity contribution in [3.63, 3.8) is 0 Å². The van der Waals surface area contributed by atoms with Crippen LogP contribution in [0.2, 0.25) is 0 Å². The topological polar surface area (TPSA) is 49.6 Å². The molecule has 0 spiro atoms. The number of hydrogen-bond acceptors (Lipinski definition) is 3. The van der Waals surface area contributed by atoms with Gasteiger partial charge in [-0.15, -0.1) is 0 Å². The van der Waals surface area contributed by atoms with Crippen LogP contribution in [0.15, 0.2) is 200 Å². The highest BCUT2D eigenvalue weighted by Gasteiger charge is 2.21. The van der Waals surface area contributed by atoms with Crippen molar-refractivity contribution in [1.82, 2.24) is 9.97 Å². The first-order chi connectivity index (χ1) is 26.7. The maximum absolute atomic E-state index is 9.54. The number of aromatic nitrogens is 2. The maximum Gasteiger partial charge on any atom is 0.160 e. The fraction of sp³-hybridized carbons (Fsp3) is 0. The zero-order chi connectivity index (χ0) is 36.3. The molecule has 0 aliphatic carbocycles. The fourth-order valence-corrected chi connectivity index (χ4v) is 7.32. The molecule has 252 valence electrons. The lowest BCUT2D eigenvalue weighted by atomic mass is 9.88. The number of benzene rings is 8. The van der Waals surface area contributed by atoms with Gasteiger partial charge in [-0.1, -0.05) is 182 Å². The van der Waals surface area contributed by atoms with Crippen molar-refractivity contribution in [3.05, 3.63) is 206 Å². The van der Waals surface area contributed by atoms with Crippen molar-refractivity contribution in [2.24, 2.45) is 0 Å². The van der Waals surface area contributed by atoms with Crippen molar-refractivity contribution in [2.45, 2.75) is 0 Å². The second kappa shape index (κ2) is 14.3. The molecule has 0 fully saturated rings. The van der Waals surface area contributed by atoms with Gasteiger partial charge in [-0.2, -0.15) is 5.26 Å². The molecule has 54 heavy (non-hydrogen) atoms. The van der Waals surface area contributed by atoms with E-state index >= 15 is 0 Å². The monoisotopic (exact) mass is 687 g/mol. The first kappa shape index (κ1) is 32.5. The van der Waals surface area contributed by atoms with Gasteiger partial charge in [0.05, 0.1) is 23.0 Å². The Hall–Kier alpha value is -7.41. The summed E-state index contributed by atoms with van der Waals surface area (Å²) in [6, 6.07) is 71.6. The Kier molecular flexibility index (Phi) is 8.61. The third-order valence-electron chi connectivity index (χ3n) is 9.93. The van der Waals surface area contributed by atoms with Crippen LogP contribution in [-0.4, -0.2) is 9.97 Å². The summed E-state index contributed by atoms with van der Waals surface area (Å²) in [5.74, 6) is 0.685. The third kappa shape index (κ3) is 6.23. The standard InChI is InChI=1S/C51H33N3/c52-34-35-14-12-22-42(32-35)43-23-13-24-44(33-43)46-31-30-36-15-10-11-25-45(36)47(46)38-26-28-40(29-27-38)50-48(37-16-4-1-5-17-37)49(39-18-6-2-7-19-39)53-51(54-50)41-20-8-3-9-21-41/h1-33H. The molecule has 0 amide bonds. The van der Waals surface area contributed by atoms with Crippen LogP contribution in [0.5, 0.6) is 0 Å². The van der Waals surface area contributed by atoms with Gasteiger partial charge in [0.15, 0.2) is 5.82 Å². The smallest absolute Gasteiger partial charge is 0.160 e. The molecule has 0 saturated heterocycles. The molecule has 3 nitrogen and oxygen atoms in total. The fourth-order valence-electron chi connectivity index (χ4n) is 7.32. The zero-order valence-corrected chi connectivity index (χ0v) is 29.4. The summed E-state index contributed by atoms with van der Waals surface area (Å²) in [4.78, 5) is 10.5. The molecule has 0 atom stereocenters. The van der Waals surface area contributed by atoms with E-state index in [1.54, 1.807) is 0 Å². The summed E-state index contributed by atoms with van der Waals surface area (Å²) in [6.45, 7) is 0. The minimum atomic E-state index is 0.648. The average molecular weight is 688 g/mol. The van der Waals surface area contributed by atoms with E-state index in [-0.39, 0.29) is 0 Å². The molecular weight excluding hydrogens is 655 g/mol. The van der Waals surface area contributed by atoms with E-state index in [9.17, 15) is 5.26 Å². The lowest BCUT2D eigenvalue weighted by molar-refractivity contribution is 1.18. The van der Waals surface area contributed by atoms with Gasteiger partial charge >= 0.3 is 0 Å². The van der Waals surface area contributed by atoms with Gasteiger partial charge in [0.25, 0.3) is 0 Å². The highest BCUT2D eigenvalue weighted by Crippen LogP contribution is 2.43. The van der Waals surface area contributed by atoms with Crippen LogP contribution >= 0.6 is 0 Å². The average Bonchev–Trinajstić information content (AvgIpc) is 3.26. The van der Waals surface area contributed by atoms with Crippen LogP contribution in [0.4, 0.5) is 0 Å². The van der Waals surface area contributed by atoms with E-state index in [0.717, 1.165) is 67.0 Å². The summed E-state index contributed by atoms with van der Waals surface area (Å²) >= 11 is 0. The zero-order valence-electron chi connectivity index (χ0n) is 29.4. The Bertz CT molecular complexity index is 2800. The minimum absolute atomic E-state index is 0.648. The number of nitrogens with zero attached hydrogens (tertiary/aromatic N) is 3. The van der Waals surface area contributed by atoms with E-state index in [4.69, 9.17) is 9.97 Å². The van der Waals surface area contributed by atoms with Crippen LogP contribution in [0.25, 0.3) is 89.2 Å². The van der Waals surface area contributed by atoms with E-state index in [1.165, 1.54) is 16.3 Å².